The molecule has 0 saturated heterocycles. The molecule has 0 radical (unpaired) electrons. The minimum atomic E-state index is -4.67. The van der Waals surface area contributed by atoms with Crippen LogP contribution >= 0.6 is 23.2 Å². The molecule has 0 aliphatic rings. The van der Waals surface area contributed by atoms with Gasteiger partial charge in [-0.3, -0.25) is 13.9 Å². The summed E-state index contributed by atoms with van der Waals surface area (Å²) in [5, 5.41) is 0. The second-order valence-corrected chi connectivity index (χ2v) is 2.45. The second-order valence-electron chi connectivity index (χ2n) is 0.674. The average Bonchev–Trinajstić information content (AvgIpc) is 1.19. The highest BCUT2D eigenvalue weighted by Crippen LogP contribution is 1.84. The SMILES string of the molecule is N.N.O=C(Cl)Cl.O=S(=O)(O)O. The van der Waals surface area contributed by atoms with Gasteiger partial charge in [-0.05, 0) is 23.2 Å². The molecule has 72 valence electrons. The Morgan fingerprint density at radius 2 is 1.09 bits per heavy atom. The Kier molecular flexibility index (Phi) is 20.5. The first-order valence-corrected chi connectivity index (χ1v) is 3.43. The Balaban J connectivity index is -0.0000000383. The lowest BCUT2D eigenvalue weighted by Crippen LogP contribution is -1.89. The monoisotopic (exact) mass is 230 g/mol. The topological polar surface area (TPSA) is 162 Å². The van der Waals surface area contributed by atoms with E-state index in [1.807, 2.05) is 0 Å². The minimum Gasteiger partial charge on any atom is -0.344 e. The van der Waals surface area contributed by atoms with Crippen molar-refractivity contribution in [2.24, 2.45) is 0 Å². The molecule has 0 bridgehead atoms. The van der Waals surface area contributed by atoms with Gasteiger partial charge >= 0.3 is 15.1 Å². The molecule has 0 rings (SSSR count). The van der Waals surface area contributed by atoms with Crippen LogP contribution in [0.4, 0.5) is 4.79 Å². The average molecular weight is 231 g/mol. The van der Waals surface area contributed by atoms with Crippen LogP contribution in [-0.4, -0.2) is 22.2 Å². The van der Waals surface area contributed by atoms with Crippen LogP contribution in [0.2, 0.25) is 0 Å². The third kappa shape index (κ3) is 406000. The Morgan fingerprint density at radius 3 is 1.09 bits per heavy atom. The Morgan fingerprint density at radius 1 is 1.09 bits per heavy atom. The molecule has 0 atom stereocenters. The van der Waals surface area contributed by atoms with Crippen molar-refractivity contribution in [3.05, 3.63) is 0 Å². The van der Waals surface area contributed by atoms with E-state index in [1.54, 1.807) is 0 Å². The van der Waals surface area contributed by atoms with Crippen LogP contribution < -0.4 is 12.3 Å². The first-order valence-electron chi connectivity index (χ1n) is 1.28. The molecule has 0 aromatic heterocycles. The summed E-state index contributed by atoms with van der Waals surface area (Å²) in [5.41, 5.74) is 0. The molecule has 0 unspecified atom stereocenters. The standard InChI is InChI=1S/CCl2O.2H3N.H2O4S/c2-1(3)4;;;1-5(2,3)4/h;2*1H3;(H2,1,2,3,4). The fourth-order valence-electron chi connectivity index (χ4n) is 0. The molecule has 10 heteroatoms. The van der Waals surface area contributed by atoms with Crippen LogP contribution in [0.25, 0.3) is 0 Å². The van der Waals surface area contributed by atoms with Crippen molar-refractivity contribution >= 4 is 38.3 Å². The highest BCUT2D eigenvalue weighted by atomic mass is 35.5. The van der Waals surface area contributed by atoms with Crippen LogP contribution in [0.5, 0.6) is 0 Å². The highest BCUT2D eigenvalue weighted by molar-refractivity contribution is 7.79. The third-order valence-corrected chi connectivity index (χ3v) is 0. The number of hydrogen-bond donors (Lipinski definition) is 4. The largest absolute Gasteiger partial charge is 0.394 e. The zero-order chi connectivity index (χ0) is 8.08. The molecule has 0 amide bonds. The summed E-state index contributed by atoms with van der Waals surface area (Å²) in [6, 6.07) is 0. The molecule has 0 fully saturated rings. The molecule has 0 saturated carbocycles. The lowest BCUT2D eigenvalue weighted by atomic mass is 11.8. The van der Waals surface area contributed by atoms with Crippen molar-refractivity contribution in [1.29, 1.82) is 0 Å². The molecule has 0 spiro atoms. The molecule has 11 heavy (non-hydrogen) atoms. The fraction of sp³-hybridized carbons (Fsp3) is 0. The molecular formula is CH8Cl2N2O5S. The van der Waals surface area contributed by atoms with Gasteiger partial charge in [0.05, 0.1) is 0 Å². The maximum Gasteiger partial charge on any atom is 0.394 e. The molecular weight excluding hydrogens is 223 g/mol. The smallest absolute Gasteiger partial charge is 0.344 e. The van der Waals surface area contributed by atoms with Gasteiger partial charge in [0.25, 0.3) is 0 Å². The first-order chi connectivity index (χ1) is 3.73. The van der Waals surface area contributed by atoms with E-state index in [1.165, 1.54) is 0 Å². The molecule has 0 aromatic carbocycles. The third-order valence-electron chi connectivity index (χ3n) is 0. The van der Waals surface area contributed by atoms with Crippen LogP contribution in [0, 0.1) is 0 Å². The van der Waals surface area contributed by atoms with Gasteiger partial charge in [0.2, 0.25) is 0 Å². The summed E-state index contributed by atoms with van der Waals surface area (Å²) in [7, 11) is -4.67. The van der Waals surface area contributed by atoms with Gasteiger partial charge in [-0.2, -0.15) is 8.42 Å². The normalized spacial score (nSPS) is 7.64. The summed E-state index contributed by atoms with van der Waals surface area (Å²) in [6.07, 6.45) is 0. The van der Waals surface area contributed by atoms with E-state index in [0.29, 0.717) is 0 Å². The van der Waals surface area contributed by atoms with Crippen molar-refractivity contribution in [2.75, 3.05) is 0 Å². The molecule has 0 aromatic rings. The zero-order valence-electron chi connectivity index (χ0n) is 5.20. The van der Waals surface area contributed by atoms with Gasteiger partial charge in [-0.25, -0.2) is 0 Å². The summed E-state index contributed by atoms with van der Waals surface area (Å²) in [4.78, 5) is 8.98. The van der Waals surface area contributed by atoms with Crippen molar-refractivity contribution in [3.8, 4) is 0 Å². The summed E-state index contributed by atoms with van der Waals surface area (Å²) < 4.78 is 30.7. The summed E-state index contributed by atoms with van der Waals surface area (Å²) in [5.74, 6) is 0. The van der Waals surface area contributed by atoms with E-state index >= 15 is 0 Å². The molecule has 7 nitrogen and oxygen atoms in total. The van der Waals surface area contributed by atoms with Gasteiger partial charge in [-0.15, -0.1) is 0 Å². The Labute approximate surface area is 73.4 Å². The quantitative estimate of drug-likeness (QED) is 0.360. The maximum absolute atomic E-state index is 8.98. The summed E-state index contributed by atoms with van der Waals surface area (Å²) >= 11 is 8.80. The number of carbonyl (C=O) groups excluding carboxylic acids is 1. The van der Waals surface area contributed by atoms with Gasteiger partial charge in [0.15, 0.2) is 0 Å². The lowest BCUT2D eigenvalue weighted by molar-refractivity contribution is 0.275. The number of carbonyl (C=O) groups is 1. The first kappa shape index (κ1) is 22.5. The van der Waals surface area contributed by atoms with E-state index in [-0.39, 0.29) is 12.3 Å². The predicted molar refractivity (Wildman–Crippen MR) is 41.3 cm³/mol. The van der Waals surface area contributed by atoms with Crippen molar-refractivity contribution in [2.45, 2.75) is 0 Å². The van der Waals surface area contributed by atoms with E-state index in [2.05, 4.69) is 23.2 Å². The molecule has 8 N–H and O–H groups in total. The van der Waals surface area contributed by atoms with E-state index in [0.717, 1.165) is 0 Å². The van der Waals surface area contributed by atoms with E-state index in [9.17, 15) is 0 Å². The van der Waals surface area contributed by atoms with Crippen LogP contribution in [-0.2, 0) is 10.4 Å². The van der Waals surface area contributed by atoms with Crippen LogP contribution in [0.1, 0.15) is 0 Å². The van der Waals surface area contributed by atoms with Gasteiger partial charge in [0.1, 0.15) is 0 Å². The van der Waals surface area contributed by atoms with Crippen molar-refractivity contribution < 1.29 is 22.3 Å². The maximum atomic E-state index is 8.98. The second kappa shape index (κ2) is 10.0. The molecule has 0 heterocycles. The number of hydrogen-bond acceptors (Lipinski definition) is 5. The van der Waals surface area contributed by atoms with E-state index < -0.39 is 15.1 Å². The minimum absolute atomic E-state index is 0. The number of rotatable bonds is 0. The number of halogens is 2. The van der Waals surface area contributed by atoms with Crippen LogP contribution in [0.3, 0.4) is 0 Å². The van der Waals surface area contributed by atoms with Gasteiger partial charge in [0, 0.05) is 0 Å². The Bertz CT molecular complexity index is 165. The summed E-state index contributed by atoms with van der Waals surface area (Å²) in [6.45, 7) is 0. The predicted octanol–water partition coefficient (Wildman–Crippen LogP) is 1.26. The van der Waals surface area contributed by atoms with E-state index in [4.69, 9.17) is 22.3 Å². The van der Waals surface area contributed by atoms with Crippen LogP contribution in [0.15, 0.2) is 0 Å². The van der Waals surface area contributed by atoms with Gasteiger partial charge < -0.3 is 12.3 Å². The Hall–Kier alpha value is 0.0400. The van der Waals surface area contributed by atoms with Gasteiger partial charge in [-0.1, -0.05) is 0 Å². The molecule has 0 aliphatic heterocycles. The van der Waals surface area contributed by atoms with Crippen molar-refractivity contribution in [3.63, 3.8) is 0 Å². The lowest BCUT2D eigenvalue weighted by Gasteiger charge is -1.68. The zero-order valence-corrected chi connectivity index (χ0v) is 7.53. The fourth-order valence-corrected chi connectivity index (χ4v) is 0. The highest BCUT2D eigenvalue weighted by Gasteiger charge is 1.84. The van der Waals surface area contributed by atoms with Crippen molar-refractivity contribution in [1.82, 2.24) is 12.3 Å². The molecule has 0 aliphatic carbocycles.